The largest absolute Gasteiger partial charge is 0.436 e. The second-order valence-electron chi connectivity index (χ2n) is 9.79. The highest BCUT2D eigenvalue weighted by Gasteiger charge is 2.30. The first-order chi connectivity index (χ1) is 17.4. The molecule has 184 valence electrons. The maximum atomic E-state index is 13.2. The number of aromatic nitrogens is 1. The Kier molecular flexibility index (Phi) is 6.59. The first-order valence-electron chi connectivity index (χ1n) is 12.5. The van der Waals surface area contributed by atoms with Crippen molar-refractivity contribution in [3.63, 3.8) is 0 Å². The Hall–Kier alpha value is -3.93. The van der Waals surface area contributed by atoms with Crippen LogP contribution in [0, 0.1) is 25.7 Å². The normalized spacial score (nSPS) is 15.1. The fourth-order valence-electron chi connectivity index (χ4n) is 4.88. The summed E-state index contributed by atoms with van der Waals surface area (Å²) in [6.07, 6.45) is 1.61. The van der Waals surface area contributed by atoms with Gasteiger partial charge in [0.25, 0.3) is 5.91 Å². The van der Waals surface area contributed by atoms with Crippen LogP contribution in [0.5, 0.6) is 0 Å². The lowest BCUT2D eigenvalue weighted by molar-refractivity contribution is -0.121. The maximum absolute atomic E-state index is 13.2. The van der Waals surface area contributed by atoms with E-state index in [1.807, 2.05) is 80.3 Å². The Labute approximate surface area is 211 Å². The fourth-order valence-corrected chi connectivity index (χ4v) is 4.88. The van der Waals surface area contributed by atoms with Gasteiger partial charge < -0.3 is 14.6 Å². The summed E-state index contributed by atoms with van der Waals surface area (Å²) in [5.74, 6) is 0.700. The smallest absolute Gasteiger partial charge is 0.253 e. The van der Waals surface area contributed by atoms with Crippen LogP contribution < -0.4 is 5.32 Å². The molecule has 2 amide bonds. The van der Waals surface area contributed by atoms with Crippen molar-refractivity contribution in [2.24, 2.45) is 11.8 Å². The Morgan fingerprint density at radius 3 is 2.50 bits per heavy atom. The molecule has 0 spiro atoms. The van der Waals surface area contributed by atoms with Gasteiger partial charge in [0, 0.05) is 35.8 Å². The standard InChI is InChI=1S/C30H31N3O3/c1-19-9-10-20(2)25(17-19)31-28(34)21(3)22-13-15-33(16-14-22)30(35)24-11-12-27-26(18-24)32-29(36-27)23-7-5-4-6-8-23/h4-12,17-18,21-22H,13-16H2,1-3H3,(H,31,34)/t21-/m1/s1. The van der Waals surface area contributed by atoms with Gasteiger partial charge in [-0.2, -0.15) is 0 Å². The van der Waals surface area contributed by atoms with E-state index >= 15 is 0 Å². The maximum Gasteiger partial charge on any atom is 0.253 e. The van der Waals surface area contributed by atoms with Crippen molar-refractivity contribution in [2.75, 3.05) is 18.4 Å². The number of aryl methyl sites for hydroxylation is 2. The van der Waals surface area contributed by atoms with Gasteiger partial charge in [0.05, 0.1) is 0 Å². The first-order valence-corrected chi connectivity index (χ1v) is 12.5. The van der Waals surface area contributed by atoms with Gasteiger partial charge in [-0.25, -0.2) is 4.98 Å². The molecule has 1 fully saturated rings. The van der Waals surface area contributed by atoms with Crippen LogP contribution in [0.15, 0.2) is 71.1 Å². The molecular formula is C30H31N3O3. The topological polar surface area (TPSA) is 75.4 Å². The van der Waals surface area contributed by atoms with E-state index in [-0.39, 0.29) is 23.7 Å². The highest BCUT2D eigenvalue weighted by molar-refractivity contribution is 5.97. The predicted molar refractivity (Wildman–Crippen MR) is 142 cm³/mol. The third-order valence-electron chi connectivity index (χ3n) is 7.25. The van der Waals surface area contributed by atoms with Crippen molar-refractivity contribution in [3.8, 4) is 11.5 Å². The molecule has 0 unspecified atom stereocenters. The number of likely N-dealkylation sites (tertiary alicyclic amines) is 1. The quantitative estimate of drug-likeness (QED) is 0.366. The number of hydrogen-bond donors (Lipinski definition) is 1. The summed E-state index contributed by atoms with van der Waals surface area (Å²) in [7, 11) is 0. The summed E-state index contributed by atoms with van der Waals surface area (Å²) in [5, 5.41) is 3.10. The number of oxazole rings is 1. The lowest BCUT2D eigenvalue weighted by atomic mass is 9.84. The minimum absolute atomic E-state index is 0.00731. The van der Waals surface area contributed by atoms with Gasteiger partial charge in [0.2, 0.25) is 11.8 Å². The van der Waals surface area contributed by atoms with E-state index in [1.54, 1.807) is 12.1 Å². The van der Waals surface area contributed by atoms with E-state index < -0.39 is 0 Å². The predicted octanol–water partition coefficient (Wildman–Crippen LogP) is 6.24. The number of nitrogens with zero attached hydrogens (tertiary/aromatic N) is 2. The van der Waals surface area contributed by atoms with Crippen LogP contribution in [0.3, 0.4) is 0 Å². The van der Waals surface area contributed by atoms with E-state index in [9.17, 15) is 9.59 Å². The number of nitrogens with one attached hydrogen (secondary N) is 1. The molecule has 0 saturated carbocycles. The molecule has 2 heterocycles. The van der Waals surface area contributed by atoms with Crippen LogP contribution in [-0.2, 0) is 4.79 Å². The number of carbonyl (C=O) groups is 2. The van der Waals surface area contributed by atoms with Crippen molar-refractivity contribution < 1.29 is 14.0 Å². The van der Waals surface area contributed by atoms with Crippen LogP contribution in [-0.4, -0.2) is 34.8 Å². The lowest BCUT2D eigenvalue weighted by Gasteiger charge is -2.34. The second-order valence-corrected chi connectivity index (χ2v) is 9.79. The highest BCUT2D eigenvalue weighted by atomic mass is 16.3. The van der Waals surface area contributed by atoms with E-state index in [2.05, 4.69) is 10.3 Å². The number of benzene rings is 3. The van der Waals surface area contributed by atoms with Gasteiger partial charge in [-0.15, -0.1) is 0 Å². The zero-order valence-corrected chi connectivity index (χ0v) is 21.0. The Bertz CT molecular complexity index is 1400. The molecule has 0 radical (unpaired) electrons. The van der Waals surface area contributed by atoms with Crippen molar-refractivity contribution >= 4 is 28.6 Å². The van der Waals surface area contributed by atoms with Crippen LogP contribution in [0.25, 0.3) is 22.6 Å². The van der Waals surface area contributed by atoms with Crippen LogP contribution in [0.2, 0.25) is 0 Å². The second kappa shape index (κ2) is 9.97. The number of fused-ring (bicyclic) bond motifs is 1. The molecule has 1 atom stereocenters. The average Bonchev–Trinajstić information content (AvgIpc) is 3.34. The third kappa shape index (κ3) is 4.89. The number of hydrogen-bond acceptors (Lipinski definition) is 4. The molecule has 36 heavy (non-hydrogen) atoms. The van der Waals surface area contributed by atoms with Crippen molar-refractivity contribution in [3.05, 3.63) is 83.4 Å². The summed E-state index contributed by atoms with van der Waals surface area (Å²) >= 11 is 0. The number of rotatable bonds is 5. The van der Waals surface area contributed by atoms with Crippen LogP contribution in [0.4, 0.5) is 5.69 Å². The molecule has 3 aromatic carbocycles. The first kappa shape index (κ1) is 23.8. The van der Waals surface area contributed by atoms with Crippen LogP contribution >= 0.6 is 0 Å². The number of anilines is 1. The van der Waals surface area contributed by atoms with Gasteiger partial charge in [-0.05, 0) is 80.1 Å². The molecule has 1 saturated heterocycles. The molecule has 0 aliphatic carbocycles. The highest BCUT2D eigenvalue weighted by Crippen LogP contribution is 2.29. The van der Waals surface area contributed by atoms with Crippen LogP contribution in [0.1, 0.15) is 41.3 Å². The van der Waals surface area contributed by atoms with Gasteiger partial charge in [0.1, 0.15) is 5.52 Å². The summed E-state index contributed by atoms with van der Waals surface area (Å²) in [6.45, 7) is 7.29. The molecular weight excluding hydrogens is 450 g/mol. The van der Waals surface area contributed by atoms with Crippen molar-refractivity contribution in [1.29, 1.82) is 0 Å². The summed E-state index contributed by atoms with van der Waals surface area (Å²) < 4.78 is 5.88. The molecule has 1 aliphatic heterocycles. The number of amides is 2. The fraction of sp³-hybridized carbons (Fsp3) is 0.300. The lowest BCUT2D eigenvalue weighted by Crippen LogP contribution is -2.41. The van der Waals surface area contributed by atoms with Crippen molar-refractivity contribution in [1.82, 2.24) is 9.88 Å². The summed E-state index contributed by atoms with van der Waals surface area (Å²) in [6, 6.07) is 21.2. The van der Waals surface area contributed by atoms with Gasteiger partial charge in [-0.3, -0.25) is 9.59 Å². The molecule has 1 aromatic heterocycles. The molecule has 4 aromatic rings. The third-order valence-corrected chi connectivity index (χ3v) is 7.25. The Morgan fingerprint density at radius 2 is 1.75 bits per heavy atom. The molecule has 5 rings (SSSR count). The van der Waals surface area contributed by atoms with Gasteiger partial charge in [-0.1, -0.05) is 37.3 Å². The van der Waals surface area contributed by atoms with Crippen molar-refractivity contribution in [2.45, 2.75) is 33.6 Å². The van der Waals surface area contributed by atoms with Gasteiger partial charge >= 0.3 is 0 Å². The molecule has 1 aliphatic rings. The summed E-state index contributed by atoms with van der Waals surface area (Å²) in [4.78, 5) is 32.6. The summed E-state index contributed by atoms with van der Waals surface area (Å²) in [5.41, 5.74) is 5.89. The zero-order valence-electron chi connectivity index (χ0n) is 21.0. The monoisotopic (exact) mass is 481 g/mol. The molecule has 1 N–H and O–H groups in total. The van der Waals surface area contributed by atoms with E-state index in [0.29, 0.717) is 35.6 Å². The molecule has 0 bridgehead atoms. The van der Waals surface area contributed by atoms with E-state index in [0.717, 1.165) is 35.2 Å². The molecule has 6 heteroatoms. The number of piperidine rings is 1. The molecule has 6 nitrogen and oxygen atoms in total. The Balaban J connectivity index is 1.21. The van der Waals surface area contributed by atoms with E-state index in [1.165, 1.54) is 0 Å². The van der Waals surface area contributed by atoms with E-state index in [4.69, 9.17) is 4.42 Å². The minimum Gasteiger partial charge on any atom is -0.436 e. The number of carbonyl (C=O) groups excluding carboxylic acids is 2. The zero-order chi connectivity index (χ0) is 25.2. The average molecular weight is 482 g/mol. The SMILES string of the molecule is Cc1ccc(C)c(NC(=O)[C@H](C)C2CCN(C(=O)c3ccc4oc(-c5ccccc5)nc4c3)CC2)c1. The Morgan fingerprint density at radius 1 is 1.00 bits per heavy atom. The minimum atomic E-state index is -0.120. The van der Waals surface area contributed by atoms with Gasteiger partial charge in [0.15, 0.2) is 5.58 Å².